The Morgan fingerprint density at radius 3 is 2.40 bits per heavy atom. The van der Waals surface area contributed by atoms with Crippen molar-refractivity contribution >= 4 is 10.8 Å². The molecule has 4 rings (SSSR count). The number of benzene rings is 4. The van der Waals surface area contributed by atoms with Gasteiger partial charge in [-0.15, -0.1) is 0 Å². The molecule has 0 bridgehead atoms. The number of allylic oxidation sites excluding steroid dienone is 3. The number of hydrogen-bond acceptors (Lipinski definition) is 2. The molecule has 0 spiro atoms. The minimum absolute atomic E-state index is 0.534. The van der Waals surface area contributed by atoms with Gasteiger partial charge in [0.15, 0.2) is 5.60 Å². The van der Waals surface area contributed by atoms with Crippen molar-refractivity contribution in [3.8, 4) is 29.0 Å². The van der Waals surface area contributed by atoms with Crippen molar-refractivity contribution in [3.05, 3.63) is 144 Å². The van der Waals surface area contributed by atoms with Gasteiger partial charge in [-0.2, -0.15) is 5.26 Å². The van der Waals surface area contributed by atoms with E-state index in [0.29, 0.717) is 16.7 Å². The third-order valence-corrected chi connectivity index (χ3v) is 5.94. The summed E-state index contributed by atoms with van der Waals surface area (Å²) in [6.07, 6.45) is 7.09. The highest BCUT2D eigenvalue weighted by Crippen LogP contribution is 2.37. The second kappa shape index (κ2) is 10.5. The van der Waals surface area contributed by atoms with Gasteiger partial charge in [-0.3, -0.25) is 0 Å². The van der Waals surface area contributed by atoms with Crippen LogP contribution < -0.4 is 0 Å². The van der Waals surface area contributed by atoms with E-state index in [1.807, 2.05) is 85.8 Å². The molecule has 4 aromatic carbocycles. The summed E-state index contributed by atoms with van der Waals surface area (Å²) >= 11 is 0. The first-order valence-electron chi connectivity index (χ1n) is 11.4. The predicted octanol–water partition coefficient (Wildman–Crippen LogP) is 7.31. The summed E-state index contributed by atoms with van der Waals surface area (Å²) in [5.41, 5.74) is 2.63. The Morgan fingerprint density at radius 2 is 1.66 bits per heavy atom. The van der Waals surface area contributed by atoms with E-state index in [9.17, 15) is 10.4 Å². The molecule has 0 aliphatic heterocycles. The lowest BCUT2D eigenvalue weighted by Gasteiger charge is -2.26. The molecule has 2 nitrogen and oxygen atoms in total. The largest absolute Gasteiger partial charge is 0.369 e. The van der Waals surface area contributed by atoms with Crippen molar-refractivity contribution in [1.82, 2.24) is 0 Å². The summed E-state index contributed by atoms with van der Waals surface area (Å²) < 4.78 is 0. The Kier molecular flexibility index (Phi) is 7.08. The van der Waals surface area contributed by atoms with Crippen LogP contribution in [0.15, 0.2) is 127 Å². The Bertz CT molecular complexity index is 1540. The topological polar surface area (TPSA) is 44.0 Å². The molecule has 168 valence electrons. The molecule has 0 saturated carbocycles. The van der Waals surface area contributed by atoms with E-state index in [2.05, 4.69) is 36.6 Å². The van der Waals surface area contributed by atoms with Crippen molar-refractivity contribution in [2.75, 3.05) is 0 Å². The van der Waals surface area contributed by atoms with Gasteiger partial charge in [-0.25, -0.2) is 0 Å². The maximum atomic E-state index is 12.1. The van der Waals surface area contributed by atoms with Gasteiger partial charge >= 0.3 is 0 Å². The lowest BCUT2D eigenvalue weighted by atomic mass is 9.83. The molecule has 1 atom stereocenters. The summed E-state index contributed by atoms with van der Waals surface area (Å²) in [4.78, 5) is 0. The Balaban J connectivity index is 1.97. The van der Waals surface area contributed by atoms with E-state index in [-0.39, 0.29) is 0 Å². The van der Waals surface area contributed by atoms with Gasteiger partial charge in [0.2, 0.25) is 0 Å². The summed E-state index contributed by atoms with van der Waals surface area (Å²) in [7, 11) is 0. The number of hydrogen-bond donors (Lipinski definition) is 1. The maximum absolute atomic E-state index is 12.1. The molecule has 4 aromatic rings. The van der Waals surface area contributed by atoms with E-state index >= 15 is 0 Å². The Labute approximate surface area is 206 Å². The lowest BCUT2D eigenvalue weighted by molar-refractivity contribution is 0.144. The number of fused-ring (bicyclic) bond motifs is 1. The van der Waals surface area contributed by atoms with Crippen molar-refractivity contribution in [3.63, 3.8) is 0 Å². The van der Waals surface area contributed by atoms with Gasteiger partial charge < -0.3 is 5.11 Å². The Morgan fingerprint density at radius 1 is 0.914 bits per heavy atom. The fourth-order valence-electron chi connectivity index (χ4n) is 4.14. The Hall–Kier alpha value is -4.63. The van der Waals surface area contributed by atoms with E-state index in [0.717, 1.165) is 27.5 Å². The number of nitrogens with zero attached hydrogens (tertiary/aromatic N) is 1. The molecule has 35 heavy (non-hydrogen) atoms. The third kappa shape index (κ3) is 4.85. The minimum atomic E-state index is -1.60. The first-order chi connectivity index (χ1) is 17.1. The van der Waals surface area contributed by atoms with Crippen LogP contribution >= 0.6 is 0 Å². The first-order valence-corrected chi connectivity index (χ1v) is 11.4. The summed E-state index contributed by atoms with van der Waals surface area (Å²) in [6, 6.07) is 31.4. The van der Waals surface area contributed by atoms with Crippen LogP contribution in [0.1, 0.15) is 23.6 Å². The van der Waals surface area contributed by atoms with E-state index in [1.54, 1.807) is 24.3 Å². The van der Waals surface area contributed by atoms with Crippen LogP contribution in [-0.2, 0) is 5.60 Å². The smallest absolute Gasteiger partial charge is 0.176 e. The number of nitriles is 1. The van der Waals surface area contributed by atoms with Gasteiger partial charge in [0.05, 0.1) is 11.6 Å². The average Bonchev–Trinajstić information content (AvgIpc) is 2.92. The van der Waals surface area contributed by atoms with Crippen LogP contribution in [-0.4, -0.2) is 5.11 Å². The summed E-state index contributed by atoms with van der Waals surface area (Å²) in [6.45, 7) is 5.62. The molecule has 0 aromatic heterocycles. The van der Waals surface area contributed by atoms with Gasteiger partial charge in [-0.05, 0) is 53.1 Å². The van der Waals surface area contributed by atoms with Crippen LogP contribution in [0.3, 0.4) is 0 Å². The van der Waals surface area contributed by atoms with E-state index in [4.69, 9.17) is 0 Å². The fraction of sp³-hybridized carbons (Fsp3) is 0.0606. The molecule has 2 heteroatoms. The maximum Gasteiger partial charge on any atom is 0.176 e. The molecule has 0 saturated heterocycles. The molecule has 0 heterocycles. The van der Waals surface area contributed by atoms with Gasteiger partial charge in [0.25, 0.3) is 0 Å². The van der Waals surface area contributed by atoms with Crippen LogP contribution in [0.4, 0.5) is 0 Å². The molecule has 0 aliphatic rings. The minimum Gasteiger partial charge on any atom is -0.369 e. The van der Waals surface area contributed by atoms with E-state index in [1.165, 1.54) is 0 Å². The van der Waals surface area contributed by atoms with Crippen molar-refractivity contribution in [2.24, 2.45) is 0 Å². The van der Waals surface area contributed by atoms with E-state index < -0.39 is 5.60 Å². The van der Waals surface area contributed by atoms with Crippen LogP contribution in [0.25, 0.3) is 21.9 Å². The highest BCUT2D eigenvalue weighted by molar-refractivity contribution is 5.98. The third-order valence-electron chi connectivity index (χ3n) is 5.94. The zero-order chi connectivity index (χ0) is 24.7. The summed E-state index contributed by atoms with van der Waals surface area (Å²) in [5.74, 6) is 6.24. The van der Waals surface area contributed by atoms with Gasteiger partial charge in [0.1, 0.15) is 0 Å². The SMILES string of the molecule is C=C/C=C\C(=C/C)C(O)(C#Cc1ccccc1)c1ccc(C#N)c(-c2cccc3ccccc23)c1. The van der Waals surface area contributed by atoms with Gasteiger partial charge in [-0.1, -0.05) is 109 Å². The molecular weight excluding hydrogens is 426 g/mol. The monoisotopic (exact) mass is 451 g/mol. The second-order valence-corrected chi connectivity index (χ2v) is 8.06. The molecule has 1 unspecified atom stereocenters. The highest BCUT2D eigenvalue weighted by Gasteiger charge is 2.31. The lowest BCUT2D eigenvalue weighted by Crippen LogP contribution is -2.26. The predicted molar refractivity (Wildman–Crippen MR) is 144 cm³/mol. The number of rotatable bonds is 5. The zero-order valence-electron chi connectivity index (χ0n) is 19.6. The quantitative estimate of drug-likeness (QED) is 0.255. The van der Waals surface area contributed by atoms with Gasteiger partial charge in [0, 0.05) is 16.7 Å². The molecular formula is C33H25NO. The van der Waals surface area contributed by atoms with Crippen molar-refractivity contribution in [1.29, 1.82) is 5.26 Å². The second-order valence-electron chi connectivity index (χ2n) is 8.06. The van der Waals surface area contributed by atoms with Crippen LogP contribution in [0.2, 0.25) is 0 Å². The summed E-state index contributed by atoms with van der Waals surface area (Å²) in [5, 5.41) is 24.1. The fourth-order valence-corrected chi connectivity index (χ4v) is 4.14. The zero-order valence-corrected chi connectivity index (χ0v) is 19.6. The highest BCUT2D eigenvalue weighted by atomic mass is 16.3. The molecule has 0 aliphatic carbocycles. The van der Waals surface area contributed by atoms with Crippen LogP contribution in [0.5, 0.6) is 0 Å². The van der Waals surface area contributed by atoms with Crippen LogP contribution in [0, 0.1) is 23.2 Å². The molecule has 0 fully saturated rings. The normalized spacial score (nSPS) is 13.0. The standard InChI is InChI=1S/C33H25NO/c1-3-5-16-28(4-2)33(35,22-21-25-12-7-6-8-13-25)29-20-19-27(24-34)32(23-29)31-18-11-15-26-14-9-10-17-30(26)31/h3-20,23,35H,1H2,2H3/b16-5-,28-4+. The molecule has 0 amide bonds. The first kappa shape index (κ1) is 23.5. The number of aliphatic hydroxyl groups is 1. The van der Waals surface area contributed by atoms with Crippen molar-refractivity contribution < 1.29 is 5.11 Å². The average molecular weight is 452 g/mol. The molecule has 1 N–H and O–H groups in total. The molecule has 0 radical (unpaired) electrons. The van der Waals surface area contributed by atoms with Crippen molar-refractivity contribution in [2.45, 2.75) is 12.5 Å².